The Balaban J connectivity index is 1.63. The molecule has 2 saturated heterocycles. The van der Waals surface area contributed by atoms with Gasteiger partial charge >= 0.3 is 0 Å². The lowest BCUT2D eigenvalue weighted by atomic mass is 9.96. The molecule has 0 radical (unpaired) electrons. The number of hydrogen-bond acceptors (Lipinski definition) is 6. The number of amides is 3. The molecule has 5 atom stereocenters. The Morgan fingerprint density at radius 2 is 2.31 bits per heavy atom. The maximum absolute atomic E-state index is 12.4. The normalized spacial score (nSPS) is 31.0. The van der Waals surface area contributed by atoms with Crippen molar-refractivity contribution in [2.75, 3.05) is 19.6 Å². The average molecular weight is 363 g/mol. The summed E-state index contributed by atoms with van der Waals surface area (Å²) in [5.41, 5.74) is 0. The maximum Gasteiger partial charge on any atom is 0.242 e. The van der Waals surface area contributed by atoms with E-state index in [1.54, 1.807) is 4.90 Å². The largest absolute Gasteiger partial charge is 0.356 e. The number of fused-ring (bicyclic) bond motifs is 2. The molecule has 1 aliphatic carbocycles. The summed E-state index contributed by atoms with van der Waals surface area (Å²) >= 11 is 0. The Bertz CT molecular complexity index is 606. The van der Waals surface area contributed by atoms with Crippen molar-refractivity contribution in [2.24, 2.45) is 11.8 Å². The first-order valence-electron chi connectivity index (χ1n) is 9.16. The van der Waals surface area contributed by atoms with Crippen LogP contribution in [0.25, 0.3) is 0 Å². The molecule has 1 saturated carbocycles. The molecule has 142 valence electrons. The first kappa shape index (κ1) is 18.6. The fraction of sp³-hybridized carbons (Fsp3) is 0.765. The summed E-state index contributed by atoms with van der Waals surface area (Å²) in [5, 5.41) is 26.0. The molecule has 3 fully saturated rings. The van der Waals surface area contributed by atoms with Gasteiger partial charge in [0.1, 0.15) is 6.04 Å². The summed E-state index contributed by atoms with van der Waals surface area (Å²) in [6.07, 6.45) is 4.27. The number of hydroxylamine groups is 2. The van der Waals surface area contributed by atoms with Crippen molar-refractivity contribution in [3.63, 3.8) is 0 Å². The zero-order valence-electron chi connectivity index (χ0n) is 14.6. The number of carbonyl (C=O) groups excluding carboxylic acids is 3. The van der Waals surface area contributed by atoms with Crippen molar-refractivity contribution >= 4 is 18.2 Å². The molecule has 2 aliphatic heterocycles. The van der Waals surface area contributed by atoms with Crippen LogP contribution in [0.4, 0.5) is 0 Å². The molecule has 2 unspecified atom stereocenters. The van der Waals surface area contributed by atoms with Crippen molar-refractivity contribution in [3.05, 3.63) is 0 Å². The average Bonchev–Trinajstić information content (AvgIpc) is 3.34. The standard InChI is InChI=1S/C17H25N5O4/c18-7-14(6-12-3-4-20-17(12)25)21(26)9-15-11-1-2-13(5-11)22(15)16(24)8-19-10-23/h10-15,26H,1-6,8-9H2,(H,19,23)(H,20,25)/t11?,12?,13-,14+,15-/m1/s1. The molecule has 3 rings (SSSR count). The fourth-order valence-electron chi connectivity index (χ4n) is 4.64. The van der Waals surface area contributed by atoms with Crippen molar-refractivity contribution < 1.29 is 19.6 Å². The van der Waals surface area contributed by atoms with Crippen LogP contribution in [0.1, 0.15) is 32.1 Å². The van der Waals surface area contributed by atoms with E-state index in [1.165, 1.54) is 0 Å². The van der Waals surface area contributed by atoms with Gasteiger partial charge in [-0.1, -0.05) is 0 Å². The molecule has 0 aromatic heterocycles. The van der Waals surface area contributed by atoms with E-state index < -0.39 is 6.04 Å². The van der Waals surface area contributed by atoms with Gasteiger partial charge < -0.3 is 20.7 Å². The molecule has 0 spiro atoms. The number of nitrogens with one attached hydrogen (secondary N) is 2. The molecule has 0 aromatic rings. The monoisotopic (exact) mass is 363 g/mol. The molecule has 3 aliphatic rings. The SMILES string of the molecule is N#C[C@H](CC1CCNC1=O)N(O)C[C@@H]1C2CC[C@H](C2)N1C(=O)CNC=O. The van der Waals surface area contributed by atoms with Gasteiger partial charge in [0.25, 0.3) is 0 Å². The number of nitrogens with zero attached hydrogens (tertiary/aromatic N) is 3. The number of nitriles is 1. The van der Waals surface area contributed by atoms with E-state index in [9.17, 15) is 24.9 Å². The number of rotatable bonds is 8. The lowest BCUT2D eigenvalue weighted by molar-refractivity contribution is -0.149. The lowest BCUT2D eigenvalue weighted by Gasteiger charge is -2.37. The molecule has 26 heavy (non-hydrogen) atoms. The Kier molecular flexibility index (Phi) is 5.74. The van der Waals surface area contributed by atoms with Gasteiger partial charge in [0, 0.05) is 31.1 Å². The molecular formula is C17H25N5O4. The molecule has 2 heterocycles. The molecule has 3 N–H and O–H groups in total. The number of likely N-dealkylation sites (tertiary alicyclic amines) is 1. The summed E-state index contributed by atoms with van der Waals surface area (Å²) in [6.45, 7) is 0.727. The van der Waals surface area contributed by atoms with Crippen LogP contribution in [-0.4, -0.2) is 71.2 Å². The van der Waals surface area contributed by atoms with Gasteiger partial charge in [0.2, 0.25) is 18.2 Å². The van der Waals surface area contributed by atoms with Crippen molar-refractivity contribution in [2.45, 2.75) is 50.2 Å². The van der Waals surface area contributed by atoms with E-state index in [1.807, 2.05) is 0 Å². The molecule has 9 nitrogen and oxygen atoms in total. The van der Waals surface area contributed by atoms with Gasteiger partial charge in [-0.05, 0) is 38.0 Å². The van der Waals surface area contributed by atoms with Gasteiger partial charge in [-0.15, -0.1) is 0 Å². The predicted octanol–water partition coefficient (Wildman–Crippen LogP) is -0.779. The number of carbonyl (C=O) groups is 3. The van der Waals surface area contributed by atoms with Crippen molar-refractivity contribution in [1.29, 1.82) is 5.26 Å². The first-order chi connectivity index (χ1) is 12.5. The molecular weight excluding hydrogens is 338 g/mol. The first-order valence-corrected chi connectivity index (χ1v) is 9.16. The summed E-state index contributed by atoms with van der Waals surface area (Å²) in [4.78, 5) is 36.4. The van der Waals surface area contributed by atoms with E-state index in [0.29, 0.717) is 25.3 Å². The zero-order valence-corrected chi connectivity index (χ0v) is 14.6. The summed E-state index contributed by atoms with van der Waals surface area (Å²) < 4.78 is 0. The second kappa shape index (κ2) is 8.01. The van der Waals surface area contributed by atoms with Crippen molar-refractivity contribution in [3.8, 4) is 6.07 Å². The number of piperidine rings is 1. The smallest absolute Gasteiger partial charge is 0.242 e. The molecule has 3 amide bonds. The third-order valence-electron chi connectivity index (χ3n) is 5.92. The van der Waals surface area contributed by atoms with Crippen LogP contribution in [0.15, 0.2) is 0 Å². The highest BCUT2D eigenvalue weighted by molar-refractivity contribution is 5.81. The van der Waals surface area contributed by atoms with E-state index in [-0.39, 0.29) is 49.3 Å². The van der Waals surface area contributed by atoms with Crippen LogP contribution in [0, 0.1) is 23.2 Å². The minimum atomic E-state index is -0.784. The maximum atomic E-state index is 12.4. The van der Waals surface area contributed by atoms with Crippen LogP contribution in [0.5, 0.6) is 0 Å². The van der Waals surface area contributed by atoms with Crippen LogP contribution in [-0.2, 0) is 14.4 Å². The lowest BCUT2D eigenvalue weighted by Crippen LogP contribution is -2.53. The van der Waals surface area contributed by atoms with E-state index >= 15 is 0 Å². The Morgan fingerprint density at radius 1 is 1.50 bits per heavy atom. The van der Waals surface area contributed by atoms with Gasteiger partial charge in [0.15, 0.2) is 0 Å². The Hall–Kier alpha value is -2.18. The zero-order chi connectivity index (χ0) is 18.7. The van der Waals surface area contributed by atoms with Crippen LogP contribution in [0.2, 0.25) is 0 Å². The third-order valence-corrected chi connectivity index (χ3v) is 5.92. The summed E-state index contributed by atoms with van der Waals surface area (Å²) in [6, 6.07) is 1.26. The van der Waals surface area contributed by atoms with Gasteiger partial charge in [-0.25, -0.2) is 0 Å². The highest BCUT2D eigenvalue weighted by Gasteiger charge is 2.48. The van der Waals surface area contributed by atoms with Crippen LogP contribution < -0.4 is 10.6 Å². The van der Waals surface area contributed by atoms with Crippen LogP contribution in [0.3, 0.4) is 0 Å². The van der Waals surface area contributed by atoms with Gasteiger partial charge in [0.05, 0.1) is 12.6 Å². The Morgan fingerprint density at radius 3 is 2.96 bits per heavy atom. The Labute approximate surface area is 152 Å². The van der Waals surface area contributed by atoms with Crippen LogP contribution >= 0.6 is 0 Å². The van der Waals surface area contributed by atoms with Gasteiger partial charge in [-0.3, -0.25) is 14.4 Å². The second-order valence-electron chi connectivity index (χ2n) is 7.37. The fourth-order valence-corrected chi connectivity index (χ4v) is 4.64. The van der Waals surface area contributed by atoms with Gasteiger partial charge in [-0.2, -0.15) is 10.3 Å². The third kappa shape index (κ3) is 3.66. The highest BCUT2D eigenvalue weighted by Crippen LogP contribution is 2.42. The van der Waals surface area contributed by atoms with E-state index in [0.717, 1.165) is 24.3 Å². The van der Waals surface area contributed by atoms with Crippen molar-refractivity contribution in [1.82, 2.24) is 20.6 Å². The minimum absolute atomic E-state index is 0.0570. The summed E-state index contributed by atoms with van der Waals surface area (Å²) in [5.74, 6) is -0.200. The second-order valence-corrected chi connectivity index (χ2v) is 7.37. The number of hydrogen-bond donors (Lipinski definition) is 3. The topological polar surface area (TPSA) is 126 Å². The van der Waals surface area contributed by atoms with E-state index in [2.05, 4.69) is 16.7 Å². The predicted molar refractivity (Wildman–Crippen MR) is 89.5 cm³/mol. The molecule has 2 bridgehead atoms. The molecule has 9 heteroatoms. The highest BCUT2D eigenvalue weighted by atomic mass is 16.5. The quantitative estimate of drug-likeness (QED) is 0.384. The molecule has 0 aromatic carbocycles. The summed E-state index contributed by atoms with van der Waals surface area (Å²) in [7, 11) is 0. The van der Waals surface area contributed by atoms with E-state index in [4.69, 9.17) is 0 Å². The minimum Gasteiger partial charge on any atom is -0.356 e.